The first kappa shape index (κ1) is 29.4. The summed E-state index contributed by atoms with van der Waals surface area (Å²) in [6.07, 6.45) is 9.85. The molecule has 0 amide bonds. The van der Waals surface area contributed by atoms with Gasteiger partial charge in [-0.05, 0) is 0 Å². The monoisotopic (exact) mass is 742 g/mol. The van der Waals surface area contributed by atoms with Gasteiger partial charge in [0, 0.05) is 0 Å². The maximum absolute atomic E-state index is 13.8. The maximum atomic E-state index is 13.8. The van der Waals surface area contributed by atoms with Crippen LogP contribution in [0.2, 0.25) is 20.4 Å². The third-order valence-electron chi connectivity index (χ3n) is 10.2. The van der Waals surface area contributed by atoms with Crippen LogP contribution in [-0.4, -0.2) is 5.49 Å². The van der Waals surface area contributed by atoms with E-state index in [1.54, 1.807) is 24.3 Å². The van der Waals surface area contributed by atoms with Crippen LogP contribution in [0.25, 0.3) is 34.4 Å². The fraction of sp³-hybridized carbons (Fsp3) is 0.263. The summed E-state index contributed by atoms with van der Waals surface area (Å²) in [6, 6.07) is 27.4. The van der Waals surface area contributed by atoms with Crippen LogP contribution in [0.15, 0.2) is 97.1 Å². The molecule has 0 bridgehead atoms. The molecule has 0 fully saturated rings. The zero-order valence-corrected chi connectivity index (χ0v) is 30.1. The Morgan fingerprint density at radius 3 is 1.31 bits per heavy atom. The standard InChI is InChI=1S/2C15H10F.C6H14Si.2CH3.Hf/c2*16-13-9-7-12(8-10-13)15-6-2-4-11-3-1-5-14(11)15;1-5(2)7-6(3)4;;;/h2*1-10H;5-6H,1-4H3;2*1H3;. The SMILES string of the molecule is CC(C)[Si](C(C)C)=[Hf]([CH3])([CH3])([CH]1C=Cc2c(-c3ccc(F)cc3)cccc21)[CH]1C=Cc2c(-c3ccc(F)cc3)cccc21. The third-order valence-corrected chi connectivity index (χ3v) is 69.1. The molecule has 214 valence electrons. The zero-order valence-electron chi connectivity index (χ0n) is 25.5. The van der Waals surface area contributed by atoms with E-state index in [0.29, 0.717) is 18.4 Å². The predicted octanol–water partition coefficient (Wildman–Crippen LogP) is 11.7. The Kier molecular flexibility index (Phi) is 7.55. The second-order valence-electron chi connectivity index (χ2n) is 13.7. The first-order valence-corrected chi connectivity index (χ1v) is 33.6. The molecular formula is C38H40F2HfSi. The second kappa shape index (κ2) is 10.8. The van der Waals surface area contributed by atoms with Gasteiger partial charge in [0.15, 0.2) is 0 Å². The molecule has 4 heteroatoms. The predicted molar refractivity (Wildman–Crippen MR) is 175 cm³/mol. The molecular weight excluding hydrogens is 701 g/mol. The van der Waals surface area contributed by atoms with Crippen molar-refractivity contribution in [2.75, 3.05) is 0 Å². The van der Waals surface area contributed by atoms with Gasteiger partial charge in [0.05, 0.1) is 0 Å². The summed E-state index contributed by atoms with van der Waals surface area (Å²) in [5.74, 6) is -0.409. The molecule has 0 spiro atoms. The minimum absolute atomic E-state index is 0.204. The van der Waals surface area contributed by atoms with E-state index in [4.69, 9.17) is 0 Å². The second-order valence-corrected chi connectivity index (χ2v) is 59.3. The molecule has 4 aromatic rings. The number of fused-ring (bicyclic) bond motifs is 2. The Labute approximate surface area is 250 Å². The number of halogens is 2. The number of allylic oxidation sites excluding steroid dienone is 2. The van der Waals surface area contributed by atoms with Crippen molar-refractivity contribution in [3.8, 4) is 22.3 Å². The minimum atomic E-state index is -4.05. The van der Waals surface area contributed by atoms with Crippen molar-refractivity contribution in [3.63, 3.8) is 0 Å². The van der Waals surface area contributed by atoms with Crippen molar-refractivity contribution >= 4 is 17.6 Å². The molecule has 42 heavy (non-hydrogen) atoms. The molecule has 0 saturated carbocycles. The summed E-state index contributed by atoms with van der Waals surface area (Å²) in [6.45, 7) is 9.89. The summed E-state index contributed by atoms with van der Waals surface area (Å²) in [5, 5.41) is 0. The van der Waals surface area contributed by atoms with Crippen LogP contribution in [0, 0.1) is 11.6 Å². The van der Waals surface area contributed by atoms with Crippen LogP contribution in [0.4, 0.5) is 8.78 Å². The Balaban J connectivity index is 1.59. The topological polar surface area (TPSA) is 0 Å². The van der Waals surface area contributed by atoms with Crippen molar-refractivity contribution in [1.82, 2.24) is 0 Å². The fourth-order valence-electron chi connectivity index (χ4n) is 9.03. The molecule has 2 atom stereocenters. The molecule has 0 saturated heterocycles. The van der Waals surface area contributed by atoms with E-state index >= 15 is 0 Å². The van der Waals surface area contributed by atoms with Gasteiger partial charge in [0.2, 0.25) is 0 Å². The molecule has 0 aliphatic heterocycles. The molecule has 0 nitrogen and oxygen atoms in total. The van der Waals surface area contributed by atoms with E-state index in [1.165, 1.54) is 33.4 Å². The Morgan fingerprint density at radius 2 is 0.952 bits per heavy atom. The number of rotatable bonds is 6. The number of hydrogen-bond acceptors (Lipinski definition) is 0. The van der Waals surface area contributed by atoms with Gasteiger partial charge in [-0.3, -0.25) is 0 Å². The average Bonchev–Trinajstić information content (AvgIpc) is 3.60. The Morgan fingerprint density at radius 1 is 0.571 bits per heavy atom. The summed E-state index contributed by atoms with van der Waals surface area (Å²) >= 11 is -4.05. The van der Waals surface area contributed by atoms with Crippen molar-refractivity contribution in [1.29, 1.82) is 0 Å². The van der Waals surface area contributed by atoms with Crippen molar-refractivity contribution < 1.29 is 25.9 Å². The van der Waals surface area contributed by atoms with E-state index in [1.807, 2.05) is 24.3 Å². The van der Waals surface area contributed by atoms with E-state index in [9.17, 15) is 8.78 Å². The Bertz CT molecular complexity index is 1670. The van der Waals surface area contributed by atoms with Crippen LogP contribution >= 0.6 is 0 Å². The zero-order chi connectivity index (χ0) is 29.8. The van der Waals surface area contributed by atoms with E-state index in [-0.39, 0.29) is 11.6 Å². The number of benzene rings is 4. The van der Waals surface area contributed by atoms with Crippen LogP contribution in [0.3, 0.4) is 0 Å². The van der Waals surface area contributed by atoms with Crippen LogP contribution < -0.4 is 0 Å². The molecule has 6 rings (SSSR count). The van der Waals surface area contributed by atoms with Gasteiger partial charge >= 0.3 is 252 Å². The normalized spacial score (nSPS) is 17.7. The summed E-state index contributed by atoms with van der Waals surface area (Å²) in [4.78, 5) is 0. The average molecular weight is 741 g/mol. The van der Waals surface area contributed by atoms with Gasteiger partial charge in [-0.15, -0.1) is 0 Å². The van der Waals surface area contributed by atoms with Crippen LogP contribution in [0.1, 0.15) is 57.3 Å². The fourth-order valence-corrected chi connectivity index (χ4v) is 80.9. The summed E-state index contributed by atoms with van der Waals surface area (Å²) in [5.41, 5.74) is 10.5. The van der Waals surface area contributed by atoms with Gasteiger partial charge in [-0.2, -0.15) is 0 Å². The third kappa shape index (κ3) is 4.61. The van der Waals surface area contributed by atoms with Gasteiger partial charge < -0.3 is 0 Å². The first-order chi connectivity index (χ1) is 20.0. The van der Waals surface area contributed by atoms with E-state index in [2.05, 4.69) is 97.8 Å². The molecule has 4 aromatic carbocycles. The quantitative estimate of drug-likeness (QED) is 0.173. The van der Waals surface area contributed by atoms with E-state index < -0.39 is 22.6 Å². The van der Waals surface area contributed by atoms with Crippen molar-refractivity contribution in [3.05, 3.63) is 131 Å². The number of hydrogen-bond donors (Lipinski definition) is 0. The van der Waals surface area contributed by atoms with E-state index in [0.717, 1.165) is 11.1 Å². The van der Waals surface area contributed by atoms with Gasteiger partial charge in [-0.25, -0.2) is 0 Å². The molecule has 0 heterocycles. The Hall–Kier alpha value is -2.69. The summed E-state index contributed by atoms with van der Waals surface area (Å²) in [7, 11) is 0. The molecule has 0 radical (unpaired) electrons. The molecule has 2 unspecified atom stereocenters. The molecule has 2 aliphatic rings. The van der Waals surface area contributed by atoms with Gasteiger partial charge in [-0.1, -0.05) is 0 Å². The summed E-state index contributed by atoms with van der Waals surface area (Å²) < 4.78 is 34.0. The first-order valence-electron chi connectivity index (χ1n) is 15.2. The molecule has 0 N–H and O–H groups in total. The molecule has 0 aromatic heterocycles. The van der Waals surface area contributed by atoms with Crippen molar-refractivity contribution in [2.45, 2.75) is 55.5 Å². The van der Waals surface area contributed by atoms with Gasteiger partial charge in [0.25, 0.3) is 0 Å². The van der Waals surface area contributed by atoms with Gasteiger partial charge in [0.1, 0.15) is 0 Å². The van der Waals surface area contributed by atoms with Crippen LogP contribution in [0.5, 0.6) is 0 Å². The van der Waals surface area contributed by atoms with Crippen molar-refractivity contribution in [2.24, 2.45) is 0 Å². The molecule has 2 aliphatic carbocycles. The van der Waals surface area contributed by atoms with Crippen LogP contribution in [-0.2, 0) is 17.1 Å².